The van der Waals surface area contributed by atoms with E-state index in [1.165, 1.54) is 24.3 Å². The zero-order chi connectivity index (χ0) is 16.5. The molecule has 2 aromatic carbocycles. The summed E-state index contributed by atoms with van der Waals surface area (Å²) in [5.41, 5.74) is -0.0592. The van der Waals surface area contributed by atoms with Gasteiger partial charge in [0.2, 0.25) is 10.0 Å². The van der Waals surface area contributed by atoms with Crippen LogP contribution in [0.3, 0.4) is 0 Å². The van der Waals surface area contributed by atoms with Gasteiger partial charge < -0.3 is 5.32 Å². The highest BCUT2D eigenvalue weighted by atomic mass is 79.9. The Morgan fingerprint density at radius 2 is 1.91 bits per heavy atom. The zero-order valence-electron chi connectivity index (χ0n) is 10.8. The van der Waals surface area contributed by atoms with Gasteiger partial charge in [0.15, 0.2) is 0 Å². The molecule has 0 aliphatic heterocycles. The van der Waals surface area contributed by atoms with Gasteiger partial charge in [-0.1, -0.05) is 27.5 Å². The molecule has 0 heterocycles. The Bertz CT molecular complexity index is 858. The summed E-state index contributed by atoms with van der Waals surface area (Å²) < 4.78 is 36.9. The lowest BCUT2D eigenvalue weighted by molar-refractivity contribution is 0.102. The van der Waals surface area contributed by atoms with Crippen LogP contribution in [0.25, 0.3) is 0 Å². The number of hydrogen-bond acceptors (Lipinski definition) is 3. The highest BCUT2D eigenvalue weighted by Gasteiger charge is 2.17. The Labute approximate surface area is 139 Å². The number of halogens is 3. The van der Waals surface area contributed by atoms with Crippen molar-refractivity contribution in [3.63, 3.8) is 0 Å². The SMILES string of the molecule is NS(=O)(=O)c1cc(C(=O)Nc2ccc(Br)cc2F)ccc1Cl. The number of nitrogens with one attached hydrogen (secondary N) is 1. The van der Waals surface area contributed by atoms with Crippen molar-refractivity contribution in [1.82, 2.24) is 0 Å². The third-order valence-electron chi connectivity index (χ3n) is 2.68. The number of benzene rings is 2. The molecule has 0 saturated carbocycles. The summed E-state index contributed by atoms with van der Waals surface area (Å²) in [7, 11) is -4.07. The molecule has 116 valence electrons. The Hall–Kier alpha value is -1.48. The van der Waals surface area contributed by atoms with E-state index < -0.39 is 21.7 Å². The predicted molar refractivity (Wildman–Crippen MR) is 84.9 cm³/mol. The highest BCUT2D eigenvalue weighted by Crippen LogP contribution is 2.23. The van der Waals surface area contributed by atoms with Gasteiger partial charge in [-0.3, -0.25) is 4.79 Å². The summed E-state index contributed by atoms with van der Waals surface area (Å²) in [6.07, 6.45) is 0. The Balaban J connectivity index is 2.34. The van der Waals surface area contributed by atoms with Crippen LogP contribution in [0.2, 0.25) is 5.02 Å². The Kier molecular flexibility index (Phi) is 4.86. The van der Waals surface area contributed by atoms with Crippen LogP contribution in [-0.2, 0) is 10.0 Å². The van der Waals surface area contributed by atoms with E-state index in [0.717, 1.165) is 6.07 Å². The minimum absolute atomic E-state index is 0.0178. The largest absolute Gasteiger partial charge is 0.319 e. The number of rotatable bonds is 3. The molecule has 5 nitrogen and oxygen atoms in total. The van der Waals surface area contributed by atoms with Gasteiger partial charge in [0.05, 0.1) is 10.7 Å². The summed E-state index contributed by atoms with van der Waals surface area (Å²) in [4.78, 5) is 11.7. The van der Waals surface area contributed by atoms with E-state index in [-0.39, 0.29) is 21.2 Å². The first-order chi connectivity index (χ1) is 10.2. The normalized spacial score (nSPS) is 11.3. The molecule has 3 N–H and O–H groups in total. The fraction of sp³-hybridized carbons (Fsp3) is 0. The van der Waals surface area contributed by atoms with Crippen LogP contribution in [0.15, 0.2) is 45.8 Å². The van der Waals surface area contributed by atoms with Gasteiger partial charge in [-0.2, -0.15) is 0 Å². The molecule has 0 atom stereocenters. The minimum Gasteiger partial charge on any atom is -0.319 e. The minimum atomic E-state index is -4.07. The van der Waals surface area contributed by atoms with E-state index in [4.69, 9.17) is 16.7 Å². The Morgan fingerprint density at radius 1 is 1.23 bits per heavy atom. The van der Waals surface area contributed by atoms with Crippen molar-refractivity contribution < 1.29 is 17.6 Å². The maximum Gasteiger partial charge on any atom is 0.255 e. The molecule has 0 bridgehead atoms. The maximum atomic E-state index is 13.7. The van der Waals surface area contributed by atoms with Gasteiger partial charge in [0.1, 0.15) is 10.7 Å². The van der Waals surface area contributed by atoms with Gasteiger partial charge in [-0.25, -0.2) is 17.9 Å². The van der Waals surface area contributed by atoms with Crippen molar-refractivity contribution in [2.45, 2.75) is 4.90 Å². The van der Waals surface area contributed by atoms with Crippen LogP contribution >= 0.6 is 27.5 Å². The molecule has 0 unspecified atom stereocenters. The number of carbonyl (C=O) groups excluding carboxylic acids is 1. The lowest BCUT2D eigenvalue weighted by Crippen LogP contribution is -2.16. The molecule has 0 fully saturated rings. The van der Waals surface area contributed by atoms with Gasteiger partial charge >= 0.3 is 0 Å². The smallest absolute Gasteiger partial charge is 0.255 e. The summed E-state index contributed by atoms with van der Waals surface area (Å²) in [5.74, 6) is -1.33. The monoisotopic (exact) mass is 406 g/mol. The number of hydrogen-bond donors (Lipinski definition) is 2. The van der Waals surface area contributed by atoms with E-state index in [9.17, 15) is 17.6 Å². The highest BCUT2D eigenvalue weighted by molar-refractivity contribution is 9.10. The first-order valence-electron chi connectivity index (χ1n) is 5.77. The number of anilines is 1. The summed E-state index contributed by atoms with van der Waals surface area (Å²) in [5, 5.41) is 7.25. The molecule has 9 heteroatoms. The number of primary sulfonamides is 1. The maximum absolute atomic E-state index is 13.7. The van der Waals surface area contributed by atoms with Crippen molar-refractivity contribution in [2.24, 2.45) is 5.14 Å². The van der Waals surface area contributed by atoms with Crippen LogP contribution in [0.1, 0.15) is 10.4 Å². The van der Waals surface area contributed by atoms with Gasteiger partial charge in [-0.15, -0.1) is 0 Å². The van der Waals surface area contributed by atoms with Crippen LogP contribution in [0.4, 0.5) is 10.1 Å². The van der Waals surface area contributed by atoms with E-state index >= 15 is 0 Å². The molecule has 0 radical (unpaired) electrons. The molecule has 2 aromatic rings. The van der Waals surface area contributed by atoms with Gasteiger partial charge in [0, 0.05) is 10.0 Å². The first kappa shape index (κ1) is 16.9. The number of sulfonamides is 1. The number of carbonyl (C=O) groups is 1. The quantitative estimate of drug-likeness (QED) is 0.819. The molecule has 0 saturated heterocycles. The van der Waals surface area contributed by atoms with Crippen LogP contribution in [0.5, 0.6) is 0 Å². The summed E-state index contributed by atoms with van der Waals surface area (Å²) >= 11 is 8.83. The second-order valence-electron chi connectivity index (χ2n) is 4.27. The van der Waals surface area contributed by atoms with Gasteiger partial charge in [-0.05, 0) is 36.4 Å². The molecular weight excluding hydrogens is 399 g/mol. The molecular formula is C13H9BrClFN2O3S. The average Bonchev–Trinajstić information content (AvgIpc) is 2.41. The molecule has 0 spiro atoms. The zero-order valence-corrected chi connectivity index (χ0v) is 14.0. The molecule has 0 aromatic heterocycles. The standard InChI is InChI=1S/C13H9BrClFN2O3S/c14-8-2-4-11(10(16)6-8)18-13(19)7-1-3-9(15)12(5-7)22(17,20)21/h1-6H,(H,18,19)(H2,17,20,21). The second-order valence-corrected chi connectivity index (χ2v) is 7.12. The summed E-state index contributed by atoms with van der Waals surface area (Å²) in [6, 6.07) is 7.68. The topological polar surface area (TPSA) is 89.3 Å². The second kappa shape index (κ2) is 6.33. The third-order valence-corrected chi connectivity index (χ3v) is 4.56. The lowest BCUT2D eigenvalue weighted by Gasteiger charge is -2.08. The van der Waals surface area contributed by atoms with Crippen molar-refractivity contribution in [2.75, 3.05) is 5.32 Å². The number of amides is 1. The van der Waals surface area contributed by atoms with Gasteiger partial charge in [0.25, 0.3) is 5.91 Å². The van der Waals surface area contributed by atoms with Crippen LogP contribution < -0.4 is 10.5 Å². The predicted octanol–water partition coefficient (Wildman–Crippen LogP) is 3.14. The molecule has 2 rings (SSSR count). The average molecular weight is 408 g/mol. The number of nitrogens with two attached hydrogens (primary N) is 1. The molecule has 1 amide bonds. The van der Waals surface area contributed by atoms with E-state index in [0.29, 0.717) is 4.47 Å². The van der Waals surface area contributed by atoms with E-state index in [2.05, 4.69) is 21.2 Å². The van der Waals surface area contributed by atoms with Crippen LogP contribution in [0, 0.1) is 5.82 Å². The third kappa shape index (κ3) is 3.83. The van der Waals surface area contributed by atoms with Crippen molar-refractivity contribution in [1.29, 1.82) is 0 Å². The fourth-order valence-electron chi connectivity index (χ4n) is 1.65. The van der Waals surface area contributed by atoms with Crippen molar-refractivity contribution >= 4 is 49.1 Å². The molecule has 22 heavy (non-hydrogen) atoms. The first-order valence-corrected chi connectivity index (χ1v) is 8.49. The van der Waals surface area contributed by atoms with E-state index in [1.807, 2.05) is 0 Å². The van der Waals surface area contributed by atoms with Crippen molar-refractivity contribution in [3.8, 4) is 0 Å². The molecule has 0 aliphatic rings. The lowest BCUT2D eigenvalue weighted by atomic mass is 10.2. The fourth-order valence-corrected chi connectivity index (χ4v) is 3.05. The molecule has 0 aliphatic carbocycles. The van der Waals surface area contributed by atoms with E-state index in [1.54, 1.807) is 6.07 Å². The van der Waals surface area contributed by atoms with Crippen molar-refractivity contribution in [3.05, 3.63) is 57.3 Å². The summed E-state index contributed by atoms with van der Waals surface area (Å²) in [6.45, 7) is 0. The Morgan fingerprint density at radius 3 is 2.50 bits per heavy atom. The van der Waals surface area contributed by atoms with Crippen LogP contribution in [-0.4, -0.2) is 14.3 Å².